The summed E-state index contributed by atoms with van der Waals surface area (Å²) in [6.07, 6.45) is 2.40. The zero-order valence-electron chi connectivity index (χ0n) is 11.6. The van der Waals surface area contributed by atoms with Gasteiger partial charge < -0.3 is 4.74 Å². The van der Waals surface area contributed by atoms with E-state index in [4.69, 9.17) is 4.74 Å². The largest absolute Gasteiger partial charge is 0.457 e. The molecule has 2 aromatic rings. The van der Waals surface area contributed by atoms with Crippen LogP contribution in [0.3, 0.4) is 0 Å². The molecule has 0 saturated heterocycles. The van der Waals surface area contributed by atoms with Crippen molar-refractivity contribution in [2.45, 2.75) is 32.6 Å². The molecule has 19 heavy (non-hydrogen) atoms. The quantitative estimate of drug-likeness (QED) is 0.714. The lowest BCUT2D eigenvalue weighted by molar-refractivity contribution is 0.381. The van der Waals surface area contributed by atoms with E-state index in [2.05, 4.69) is 62.4 Å². The molecule has 0 aromatic heterocycles. The number of para-hydroxylation sites is 2. The highest BCUT2D eigenvalue weighted by atomic mass is 16.5. The molecular formula is C18H20O. The molecule has 0 spiro atoms. The van der Waals surface area contributed by atoms with E-state index in [0.29, 0.717) is 11.8 Å². The van der Waals surface area contributed by atoms with Crippen molar-refractivity contribution in [1.82, 2.24) is 0 Å². The fraction of sp³-hybridized carbons (Fsp3) is 0.333. The molecule has 0 amide bonds. The van der Waals surface area contributed by atoms with Crippen molar-refractivity contribution < 1.29 is 4.74 Å². The maximum Gasteiger partial charge on any atom is 0.131 e. The predicted octanol–water partition coefficient (Wildman–Crippen LogP) is 5.36. The Morgan fingerprint density at radius 3 is 1.79 bits per heavy atom. The van der Waals surface area contributed by atoms with Crippen LogP contribution in [0.2, 0.25) is 0 Å². The number of hydrogen-bond donors (Lipinski definition) is 0. The number of ether oxygens (including phenoxy) is 1. The van der Waals surface area contributed by atoms with Crippen molar-refractivity contribution in [3.05, 3.63) is 59.7 Å². The summed E-state index contributed by atoms with van der Waals surface area (Å²) >= 11 is 0. The van der Waals surface area contributed by atoms with E-state index < -0.39 is 0 Å². The minimum atomic E-state index is 0.469. The second kappa shape index (κ2) is 5.08. The van der Waals surface area contributed by atoms with Crippen molar-refractivity contribution in [3.8, 4) is 11.5 Å². The number of rotatable bonds is 3. The van der Waals surface area contributed by atoms with Crippen molar-refractivity contribution in [3.63, 3.8) is 0 Å². The molecule has 98 valence electrons. The molecule has 0 aliphatic carbocycles. The van der Waals surface area contributed by atoms with Gasteiger partial charge in [0.25, 0.3) is 0 Å². The van der Waals surface area contributed by atoms with Crippen LogP contribution in [0, 0.1) is 5.92 Å². The first-order valence-corrected chi connectivity index (χ1v) is 7.20. The topological polar surface area (TPSA) is 9.23 Å². The zero-order chi connectivity index (χ0) is 13.2. The smallest absolute Gasteiger partial charge is 0.131 e. The van der Waals surface area contributed by atoms with Crippen LogP contribution in [0.25, 0.3) is 0 Å². The third-order valence-corrected chi connectivity index (χ3v) is 4.25. The summed E-state index contributed by atoms with van der Waals surface area (Å²) < 4.78 is 6.05. The Hall–Kier alpha value is -1.76. The van der Waals surface area contributed by atoms with Crippen molar-refractivity contribution >= 4 is 0 Å². The molecule has 1 aliphatic rings. The molecule has 0 radical (unpaired) electrons. The molecule has 1 nitrogen and oxygen atoms in total. The molecule has 0 N–H and O–H groups in total. The van der Waals surface area contributed by atoms with Crippen LogP contribution in [0.1, 0.15) is 43.7 Å². The average Bonchev–Trinajstić information content (AvgIpc) is 2.47. The van der Waals surface area contributed by atoms with Gasteiger partial charge in [0.1, 0.15) is 11.5 Å². The second-order valence-corrected chi connectivity index (χ2v) is 5.23. The standard InChI is InChI=1S/C18H20O/c1-3-13(4-2)18-14-9-5-7-11-16(14)19-17-12-8-6-10-15(17)18/h5-13,18H,3-4H2,1-2H3. The Kier molecular flexibility index (Phi) is 3.29. The van der Waals surface area contributed by atoms with Crippen LogP contribution in [-0.2, 0) is 0 Å². The van der Waals surface area contributed by atoms with E-state index in [1.807, 2.05) is 0 Å². The highest BCUT2D eigenvalue weighted by Gasteiger charge is 2.31. The minimum absolute atomic E-state index is 0.469. The lowest BCUT2D eigenvalue weighted by atomic mass is 9.76. The van der Waals surface area contributed by atoms with Gasteiger partial charge in [0, 0.05) is 17.0 Å². The lowest BCUT2D eigenvalue weighted by Gasteiger charge is -2.33. The normalized spacial score (nSPS) is 13.8. The molecule has 0 unspecified atom stereocenters. The summed E-state index contributed by atoms with van der Waals surface area (Å²) in [5, 5.41) is 0. The molecule has 0 fully saturated rings. The maximum absolute atomic E-state index is 6.05. The number of hydrogen-bond acceptors (Lipinski definition) is 1. The number of benzene rings is 2. The highest BCUT2D eigenvalue weighted by Crippen LogP contribution is 2.48. The molecule has 0 atom stereocenters. The molecule has 3 rings (SSSR count). The van der Waals surface area contributed by atoms with Gasteiger partial charge in [-0.3, -0.25) is 0 Å². The first kappa shape index (κ1) is 12.3. The predicted molar refractivity (Wildman–Crippen MR) is 78.9 cm³/mol. The van der Waals surface area contributed by atoms with E-state index in [9.17, 15) is 0 Å². The number of fused-ring (bicyclic) bond motifs is 2. The molecule has 1 heterocycles. The fourth-order valence-electron chi connectivity index (χ4n) is 3.21. The van der Waals surface area contributed by atoms with Crippen LogP contribution < -0.4 is 4.74 Å². The van der Waals surface area contributed by atoms with Crippen LogP contribution in [0.4, 0.5) is 0 Å². The van der Waals surface area contributed by atoms with Gasteiger partial charge in [-0.1, -0.05) is 63.1 Å². The summed E-state index contributed by atoms with van der Waals surface area (Å²) in [6, 6.07) is 16.9. The van der Waals surface area contributed by atoms with Gasteiger partial charge in [-0.05, 0) is 18.1 Å². The van der Waals surface area contributed by atoms with Crippen LogP contribution in [-0.4, -0.2) is 0 Å². The van der Waals surface area contributed by atoms with Crippen molar-refractivity contribution in [2.24, 2.45) is 5.92 Å². The molecule has 0 bridgehead atoms. The van der Waals surface area contributed by atoms with Gasteiger partial charge >= 0.3 is 0 Å². The fourth-order valence-corrected chi connectivity index (χ4v) is 3.21. The monoisotopic (exact) mass is 252 g/mol. The van der Waals surface area contributed by atoms with Gasteiger partial charge in [-0.15, -0.1) is 0 Å². The van der Waals surface area contributed by atoms with Crippen molar-refractivity contribution in [2.75, 3.05) is 0 Å². The van der Waals surface area contributed by atoms with Crippen LogP contribution in [0.15, 0.2) is 48.5 Å². The summed E-state index contributed by atoms with van der Waals surface area (Å²) in [5.74, 6) is 3.19. The maximum atomic E-state index is 6.05. The Balaban J connectivity index is 2.16. The van der Waals surface area contributed by atoms with E-state index in [0.717, 1.165) is 11.5 Å². The molecular weight excluding hydrogens is 232 g/mol. The van der Waals surface area contributed by atoms with Crippen LogP contribution in [0.5, 0.6) is 11.5 Å². The summed E-state index contributed by atoms with van der Waals surface area (Å²) in [5.41, 5.74) is 2.69. The first-order chi connectivity index (χ1) is 9.35. The first-order valence-electron chi connectivity index (χ1n) is 7.20. The van der Waals surface area contributed by atoms with Gasteiger partial charge in [-0.2, -0.15) is 0 Å². The second-order valence-electron chi connectivity index (χ2n) is 5.23. The third-order valence-electron chi connectivity index (χ3n) is 4.25. The lowest BCUT2D eigenvalue weighted by Crippen LogP contribution is -2.18. The molecule has 0 saturated carbocycles. The zero-order valence-corrected chi connectivity index (χ0v) is 11.6. The average molecular weight is 252 g/mol. The van der Waals surface area contributed by atoms with E-state index >= 15 is 0 Å². The van der Waals surface area contributed by atoms with Gasteiger partial charge in [0.15, 0.2) is 0 Å². The summed E-state index contributed by atoms with van der Waals surface area (Å²) in [4.78, 5) is 0. The Bertz CT molecular complexity index is 524. The SMILES string of the molecule is CCC(CC)C1c2ccccc2Oc2ccccc21. The van der Waals surface area contributed by atoms with Gasteiger partial charge in [0.05, 0.1) is 0 Å². The molecule has 1 aliphatic heterocycles. The molecule has 2 aromatic carbocycles. The Morgan fingerprint density at radius 2 is 1.32 bits per heavy atom. The van der Waals surface area contributed by atoms with Crippen LogP contribution >= 0.6 is 0 Å². The summed E-state index contributed by atoms with van der Waals surface area (Å²) in [6.45, 7) is 4.57. The van der Waals surface area contributed by atoms with E-state index in [1.54, 1.807) is 0 Å². The van der Waals surface area contributed by atoms with Gasteiger partial charge in [-0.25, -0.2) is 0 Å². The Labute approximate surface area is 115 Å². The minimum Gasteiger partial charge on any atom is -0.457 e. The van der Waals surface area contributed by atoms with E-state index in [-0.39, 0.29) is 0 Å². The van der Waals surface area contributed by atoms with Crippen molar-refractivity contribution in [1.29, 1.82) is 0 Å². The third kappa shape index (κ3) is 2.03. The van der Waals surface area contributed by atoms with Gasteiger partial charge in [0.2, 0.25) is 0 Å². The Morgan fingerprint density at radius 1 is 0.842 bits per heavy atom. The van der Waals surface area contributed by atoms with E-state index in [1.165, 1.54) is 24.0 Å². The summed E-state index contributed by atoms with van der Waals surface area (Å²) in [7, 11) is 0. The highest BCUT2D eigenvalue weighted by molar-refractivity contribution is 5.53. The molecule has 1 heteroatoms.